The van der Waals surface area contributed by atoms with Gasteiger partial charge in [-0.3, -0.25) is 10.1 Å². The Morgan fingerprint density at radius 1 is 1.53 bits per heavy atom. The summed E-state index contributed by atoms with van der Waals surface area (Å²) in [6, 6.07) is 1.47. The summed E-state index contributed by atoms with van der Waals surface area (Å²) < 4.78 is 29.1. The summed E-state index contributed by atoms with van der Waals surface area (Å²) in [5.41, 5.74) is -1.37. The molecule has 0 spiro atoms. The minimum Gasteiger partial charge on any atom is -0.500 e. The number of nitro benzene ring substituents is 1. The first-order valence-electron chi connectivity index (χ1n) is 3.80. The molecule has 1 N–H and O–H groups in total. The molecule has 1 aromatic rings. The standard InChI is InChI=1S/C8H7F2NO4/c1-15-6-3-4(8(9)10)2-5(7(6)12)11(13)14/h2-3,8,12H,1H3. The number of ether oxygens (including phenoxy) is 1. The highest BCUT2D eigenvalue weighted by molar-refractivity contribution is 5.57. The largest absolute Gasteiger partial charge is 0.500 e. The number of halogens is 2. The predicted octanol–water partition coefficient (Wildman–Crippen LogP) is 2.25. The van der Waals surface area contributed by atoms with Gasteiger partial charge in [0.05, 0.1) is 12.0 Å². The summed E-state index contributed by atoms with van der Waals surface area (Å²) >= 11 is 0. The van der Waals surface area contributed by atoms with Gasteiger partial charge >= 0.3 is 5.69 Å². The summed E-state index contributed by atoms with van der Waals surface area (Å²) in [4.78, 5) is 9.46. The Bertz CT molecular complexity index is 394. The topological polar surface area (TPSA) is 72.6 Å². The second kappa shape index (κ2) is 4.07. The van der Waals surface area contributed by atoms with Crippen molar-refractivity contribution in [3.63, 3.8) is 0 Å². The lowest BCUT2D eigenvalue weighted by Gasteiger charge is -2.06. The molecule has 0 unspecified atom stereocenters. The molecule has 0 bridgehead atoms. The van der Waals surface area contributed by atoms with Gasteiger partial charge in [0.15, 0.2) is 5.75 Å². The molecule has 1 aromatic carbocycles. The number of alkyl halides is 2. The third kappa shape index (κ3) is 2.12. The van der Waals surface area contributed by atoms with E-state index < -0.39 is 28.3 Å². The highest BCUT2D eigenvalue weighted by atomic mass is 19.3. The lowest BCUT2D eigenvalue weighted by atomic mass is 10.2. The van der Waals surface area contributed by atoms with Crippen LogP contribution in [0.2, 0.25) is 0 Å². The van der Waals surface area contributed by atoms with Crippen LogP contribution < -0.4 is 4.74 Å². The molecule has 0 aliphatic carbocycles. The molecule has 0 aromatic heterocycles. The molecule has 0 atom stereocenters. The Balaban J connectivity index is 3.38. The average Bonchev–Trinajstić information content (AvgIpc) is 2.17. The van der Waals surface area contributed by atoms with Crippen molar-refractivity contribution in [2.45, 2.75) is 6.43 Å². The van der Waals surface area contributed by atoms with E-state index in [4.69, 9.17) is 0 Å². The van der Waals surface area contributed by atoms with E-state index in [1.165, 1.54) is 0 Å². The maximum absolute atomic E-state index is 12.3. The van der Waals surface area contributed by atoms with Crippen LogP contribution in [0.3, 0.4) is 0 Å². The molecule has 0 aliphatic heterocycles. The fourth-order valence-corrected chi connectivity index (χ4v) is 1.03. The van der Waals surface area contributed by atoms with Crippen molar-refractivity contribution >= 4 is 5.69 Å². The maximum Gasteiger partial charge on any atom is 0.315 e. The Labute approximate surface area is 83.1 Å². The number of benzene rings is 1. The first-order valence-corrected chi connectivity index (χ1v) is 3.80. The zero-order chi connectivity index (χ0) is 11.6. The fraction of sp³-hybridized carbons (Fsp3) is 0.250. The van der Waals surface area contributed by atoms with Gasteiger partial charge in [-0.25, -0.2) is 8.78 Å². The molecule has 0 heterocycles. The first kappa shape index (κ1) is 11.2. The van der Waals surface area contributed by atoms with Crippen LogP contribution >= 0.6 is 0 Å². The van der Waals surface area contributed by atoms with Crippen LogP contribution in [0.5, 0.6) is 11.5 Å². The van der Waals surface area contributed by atoms with Gasteiger partial charge in [-0.1, -0.05) is 0 Å². The van der Waals surface area contributed by atoms with Crippen molar-refractivity contribution < 1.29 is 23.5 Å². The van der Waals surface area contributed by atoms with Crippen LogP contribution in [0.4, 0.5) is 14.5 Å². The van der Waals surface area contributed by atoms with Crippen molar-refractivity contribution in [3.05, 3.63) is 27.8 Å². The Kier molecular flexibility index (Phi) is 3.03. The zero-order valence-corrected chi connectivity index (χ0v) is 7.61. The molecule has 0 fully saturated rings. The third-order valence-electron chi connectivity index (χ3n) is 1.75. The van der Waals surface area contributed by atoms with Gasteiger partial charge in [-0.05, 0) is 6.07 Å². The monoisotopic (exact) mass is 219 g/mol. The Hall–Kier alpha value is -1.92. The van der Waals surface area contributed by atoms with E-state index in [1.807, 2.05) is 0 Å². The average molecular weight is 219 g/mol. The van der Waals surface area contributed by atoms with Gasteiger partial charge in [-0.2, -0.15) is 0 Å². The van der Waals surface area contributed by atoms with Crippen LogP contribution in [0.25, 0.3) is 0 Å². The van der Waals surface area contributed by atoms with Crippen LogP contribution in [-0.4, -0.2) is 17.1 Å². The van der Waals surface area contributed by atoms with Crippen molar-refractivity contribution in [3.8, 4) is 11.5 Å². The second-order valence-electron chi connectivity index (χ2n) is 2.65. The van der Waals surface area contributed by atoms with Gasteiger partial charge < -0.3 is 9.84 Å². The van der Waals surface area contributed by atoms with Gasteiger partial charge in [-0.15, -0.1) is 0 Å². The normalized spacial score (nSPS) is 10.4. The number of nitro groups is 1. The summed E-state index contributed by atoms with van der Waals surface area (Å²) in [6.45, 7) is 0. The maximum atomic E-state index is 12.3. The fourth-order valence-electron chi connectivity index (χ4n) is 1.03. The summed E-state index contributed by atoms with van der Waals surface area (Å²) in [5.74, 6) is -1.11. The molecule has 82 valence electrons. The van der Waals surface area contributed by atoms with Gasteiger partial charge in [0.25, 0.3) is 6.43 Å². The highest BCUT2D eigenvalue weighted by Gasteiger charge is 2.22. The molecule has 7 heteroatoms. The molecular weight excluding hydrogens is 212 g/mol. The lowest BCUT2D eigenvalue weighted by molar-refractivity contribution is -0.386. The van der Waals surface area contributed by atoms with Crippen molar-refractivity contribution in [2.75, 3.05) is 7.11 Å². The molecule has 0 saturated carbocycles. The number of hydrogen-bond acceptors (Lipinski definition) is 4. The van der Waals surface area contributed by atoms with E-state index in [-0.39, 0.29) is 5.75 Å². The highest BCUT2D eigenvalue weighted by Crippen LogP contribution is 2.39. The summed E-state index contributed by atoms with van der Waals surface area (Å²) in [6.07, 6.45) is -2.86. The minimum atomic E-state index is -2.86. The van der Waals surface area contributed by atoms with Crippen LogP contribution in [0.1, 0.15) is 12.0 Å². The molecule has 0 amide bonds. The predicted molar refractivity (Wildman–Crippen MR) is 46.3 cm³/mol. The van der Waals surface area contributed by atoms with Gasteiger partial charge in [0, 0.05) is 11.6 Å². The quantitative estimate of drug-likeness (QED) is 0.625. The molecule has 0 saturated heterocycles. The molecule has 1 rings (SSSR count). The number of nitrogens with zero attached hydrogens (tertiary/aromatic N) is 1. The van der Waals surface area contributed by atoms with E-state index in [2.05, 4.69) is 4.74 Å². The van der Waals surface area contributed by atoms with E-state index in [9.17, 15) is 24.0 Å². The molecule has 0 aliphatic rings. The second-order valence-corrected chi connectivity index (χ2v) is 2.65. The Morgan fingerprint density at radius 2 is 2.13 bits per heavy atom. The number of phenolic OH excluding ortho intramolecular Hbond substituents is 1. The SMILES string of the molecule is COc1cc(C(F)F)cc([N+](=O)[O-])c1O. The summed E-state index contributed by atoms with van der Waals surface area (Å²) in [5, 5.41) is 19.7. The Morgan fingerprint density at radius 3 is 2.53 bits per heavy atom. The molecule has 15 heavy (non-hydrogen) atoms. The van der Waals surface area contributed by atoms with Crippen molar-refractivity contribution in [1.29, 1.82) is 0 Å². The minimum absolute atomic E-state index is 0.348. The smallest absolute Gasteiger partial charge is 0.315 e. The van der Waals surface area contributed by atoms with Crippen molar-refractivity contribution in [2.24, 2.45) is 0 Å². The molecular formula is C8H7F2NO4. The van der Waals surface area contributed by atoms with E-state index in [0.717, 1.165) is 13.2 Å². The molecule has 5 nitrogen and oxygen atoms in total. The number of rotatable bonds is 3. The first-order chi connectivity index (χ1) is 6.97. The number of hydrogen-bond donors (Lipinski definition) is 1. The van der Waals surface area contributed by atoms with Crippen molar-refractivity contribution in [1.82, 2.24) is 0 Å². The van der Waals surface area contributed by atoms with Crippen LogP contribution in [0, 0.1) is 10.1 Å². The van der Waals surface area contributed by atoms with Gasteiger partial charge in [0.2, 0.25) is 5.75 Å². The number of methoxy groups -OCH3 is 1. The van der Waals surface area contributed by atoms with E-state index >= 15 is 0 Å². The molecule has 0 radical (unpaired) electrons. The van der Waals surface area contributed by atoms with E-state index in [1.54, 1.807) is 0 Å². The lowest BCUT2D eigenvalue weighted by Crippen LogP contribution is -1.95. The van der Waals surface area contributed by atoms with Gasteiger partial charge in [0.1, 0.15) is 0 Å². The zero-order valence-electron chi connectivity index (χ0n) is 7.61. The third-order valence-corrected chi connectivity index (χ3v) is 1.75. The van der Waals surface area contributed by atoms with Crippen LogP contribution in [0.15, 0.2) is 12.1 Å². The van der Waals surface area contributed by atoms with E-state index in [0.29, 0.717) is 6.07 Å². The number of aromatic hydroxyl groups is 1. The number of phenols is 1. The summed E-state index contributed by atoms with van der Waals surface area (Å²) in [7, 11) is 1.12. The van der Waals surface area contributed by atoms with Crippen LogP contribution in [-0.2, 0) is 0 Å².